The molecular weight excluding hydrogens is 254 g/mol. The molecule has 0 aliphatic rings. The van der Waals surface area contributed by atoms with Gasteiger partial charge in [-0.05, 0) is 6.07 Å². The van der Waals surface area contributed by atoms with Crippen molar-refractivity contribution in [3.63, 3.8) is 0 Å². The molecule has 7 N–H and O–H groups in total. The van der Waals surface area contributed by atoms with E-state index in [9.17, 15) is 30.6 Å². The zero-order valence-corrected chi connectivity index (χ0v) is 9.34. The number of aromatic amines is 1. The minimum Gasteiger partial charge on any atom is -0.504 e. The smallest absolute Gasteiger partial charge is 0.202 e. The monoisotopic (exact) mass is 263 g/mol. The highest BCUT2D eigenvalue weighted by atomic mass is 16.3. The van der Waals surface area contributed by atoms with Crippen LogP contribution in [-0.2, 0) is 0 Å². The lowest BCUT2D eigenvalue weighted by Crippen LogP contribution is -1.75. The molecule has 0 bridgehead atoms. The second-order valence-corrected chi connectivity index (χ2v) is 4.16. The van der Waals surface area contributed by atoms with Crippen molar-refractivity contribution in [2.45, 2.75) is 0 Å². The van der Waals surface area contributed by atoms with E-state index in [0.717, 1.165) is 12.1 Å². The highest BCUT2D eigenvalue weighted by molar-refractivity contribution is 6.14. The Morgan fingerprint density at radius 1 is 0.684 bits per heavy atom. The van der Waals surface area contributed by atoms with E-state index in [-0.39, 0.29) is 21.8 Å². The quantitative estimate of drug-likeness (QED) is 0.307. The number of phenolic OH excluding ortho intramolecular Hbond substituents is 6. The maximum Gasteiger partial charge on any atom is 0.202 e. The highest BCUT2D eigenvalue weighted by Crippen LogP contribution is 2.48. The number of hydrogen-bond acceptors (Lipinski definition) is 6. The summed E-state index contributed by atoms with van der Waals surface area (Å²) in [4.78, 5) is 2.67. The molecule has 0 spiro atoms. The minimum atomic E-state index is -0.708. The number of rotatable bonds is 0. The molecule has 7 nitrogen and oxygen atoms in total. The third-order valence-electron chi connectivity index (χ3n) is 3.04. The first-order chi connectivity index (χ1) is 8.91. The molecular formula is C12H9NO6. The molecule has 0 saturated carbocycles. The van der Waals surface area contributed by atoms with Gasteiger partial charge in [0.15, 0.2) is 23.0 Å². The highest BCUT2D eigenvalue weighted by Gasteiger charge is 2.20. The maximum absolute atomic E-state index is 9.82. The number of fused-ring (bicyclic) bond motifs is 3. The van der Waals surface area contributed by atoms with Gasteiger partial charge < -0.3 is 35.6 Å². The molecule has 98 valence electrons. The summed E-state index contributed by atoms with van der Waals surface area (Å²) >= 11 is 0. The van der Waals surface area contributed by atoms with Crippen molar-refractivity contribution in [3.05, 3.63) is 12.1 Å². The molecule has 1 aromatic heterocycles. The summed E-state index contributed by atoms with van der Waals surface area (Å²) in [5.41, 5.74) is 0.286. The van der Waals surface area contributed by atoms with Crippen LogP contribution in [0.25, 0.3) is 21.8 Å². The van der Waals surface area contributed by atoms with Crippen LogP contribution in [0.4, 0.5) is 0 Å². The molecule has 0 fully saturated rings. The Labute approximate surface area is 105 Å². The Hall–Kier alpha value is -2.96. The van der Waals surface area contributed by atoms with Crippen molar-refractivity contribution in [1.29, 1.82) is 0 Å². The summed E-state index contributed by atoms with van der Waals surface area (Å²) < 4.78 is 0. The number of H-pyrrole nitrogens is 1. The van der Waals surface area contributed by atoms with Crippen molar-refractivity contribution >= 4 is 21.8 Å². The van der Waals surface area contributed by atoms with Crippen LogP contribution in [0, 0.1) is 0 Å². The predicted molar refractivity (Wildman–Crippen MR) is 65.8 cm³/mol. The van der Waals surface area contributed by atoms with Gasteiger partial charge in [0.1, 0.15) is 0 Å². The molecule has 1 heterocycles. The van der Waals surface area contributed by atoms with E-state index in [1.54, 1.807) is 0 Å². The first-order valence-corrected chi connectivity index (χ1v) is 5.25. The fourth-order valence-corrected chi connectivity index (χ4v) is 2.12. The Kier molecular flexibility index (Phi) is 1.93. The van der Waals surface area contributed by atoms with Gasteiger partial charge >= 0.3 is 0 Å². The number of hydrogen-bond donors (Lipinski definition) is 7. The zero-order valence-electron chi connectivity index (χ0n) is 9.34. The Morgan fingerprint density at radius 3 is 1.95 bits per heavy atom. The summed E-state index contributed by atoms with van der Waals surface area (Å²) in [5, 5.41) is 57.6. The molecule has 0 aliphatic heterocycles. The van der Waals surface area contributed by atoms with E-state index in [0.29, 0.717) is 0 Å². The second kappa shape index (κ2) is 3.29. The number of benzene rings is 2. The van der Waals surface area contributed by atoms with Crippen molar-refractivity contribution in [2.75, 3.05) is 0 Å². The van der Waals surface area contributed by atoms with Crippen molar-refractivity contribution in [2.24, 2.45) is 0 Å². The second-order valence-electron chi connectivity index (χ2n) is 4.16. The number of aromatic hydroxyl groups is 6. The first-order valence-electron chi connectivity index (χ1n) is 5.25. The van der Waals surface area contributed by atoms with Crippen molar-refractivity contribution in [1.82, 2.24) is 4.98 Å². The Bertz CT molecular complexity index is 836. The fraction of sp³-hybridized carbons (Fsp3) is 0. The number of phenols is 6. The van der Waals surface area contributed by atoms with Crippen LogP contribution in [0.1, 0.15) is 0 Å². The third kappa shape index (κ3) is 1.26. The van der Waals surface area contributed by atoms with E-state index in [2.05, 4.69) is 4.98 Å². The number of nitrogens with one attached hydrogen (secondary N) is 1. The van der Waals surface area contributed by atoms with Gasteiger partial charge in [-0.25, -0.2) is 0 Å². The van der Waals surface area contributed by atoms with Gasteiger partial charge in [0, 0.05) is 11.5 Å². The molecule has 0 aliphatic carbocycles. The lowest BCUT2D eigenvalue weighted by atomic mass is 10.1. The van der Waals surface area contributed by atoms with Gasteiger partial charge in [-0.2, -0.15) is 0 Å². The normalized spacial score (nSPS) is 11.4. The van der Waals surface area contributed by atoms with Gasteiger partial charge in [0.25, 0.3) is 0 Å². The SMILES string of the molecule is Oc1cc2c([nH]c3cc(O)c(O)c(O)c32)c(O)c1O. The van der Waals surface area contributed by atoms with Crippen molar-refractivity contribution < 1.29 is 30.6 Å². The molecule has 0 atom stereocenters. The molecule has 0 unspecified atom stereocenters. The largest absolute Gasteiger partial charge is 0.504 e. The average Bonchev–Trinajstić information content (AvgIpc) is 2.72. The van der Waals surface area contributed by atoms with Crippen LogP contribution in [0.3, 0.4) is 0 Å². The standard InChI is InChI=1S/C12H9NO6/c14-5-1-3-7-4(2-6(15)9(16)11(7)18)13-8(3)12(19)10(5)17/h1-2,13-19H. The summed E-state index contributed by atoms with van der Waals surface area (Å²) in [6.07, 6.45) is 0. The zero-order chi connectivity index (χ0) is 13.9. The van der Waals surface area contributed by atoms with Crippen molar-refractivity contribution in [3.8, 4) is 34.5 Å². The van der Waals surface area contributed by atoms with Gasteiger partial charge in [-0.15, -0.1) is 0 Å². The van der Waals surface area contributed by atoms with Gasteiger partial charge in [-0.3, -0.25) is 0 Å². The molecule has 3 aromatic rings. The summed E-state index contributed by atoms with van der Waals surface area (Å²) in [7, 11) is 0. The van der Waals surface area contributed by atoms with E-state index < -0.39 is 34.5 Å². The number of aromatic nitrogens is 1. The maximum atomic E-state index is 9.82. The van der Waals surface area contributed by atoms with Gasteiger partial charge in [-0.1, -0.05) is 0 Å². The Balaban J connectivity index is 2.62. The van der Waals surface area contributed by atoms with Crippen LogP contribution in [0.5, 0.6) is 34.5 Å². The summed E-state index contributed by atoms with van der Waals surface area (Å²) in [5.74, 6) is -3.70. The van der Waals surface area contributed by atoms with Crippen LogP contribution in [0.15, 0.2) is 12.1 Å². The average molecular weight is 263 g/mol. The summed E-state index contributed by atoms with van der Waals surface area (Å²) in [6, 6.07) is 2.28. The van der Waals surface area contributed by atoms with Crippen LogP contribution in [-0.4, -0.2) is 35.6 Å². The van der Waals surface area contributed by atoms with E-state index in [4.69, 9.17) is 0 Å². The fourth-order valence-electron chi connectivity index (χ4n) is 2.12. The van der Waals surface area contributed by atoms with E-state index >= 15 is 0 Å². The molecule has 3 rings (SSSR count). The molecule has 0 saturated heterocycles. The lowest BCUT2D eigenvalue weighted by Gasteiger charge is -2.03. The van der Waals surface area contributed by atoms with Gasteiger partial charge in [0.05, 0.1) is 16.4 Å². The van der Waals surface area contributed by atoms with E-state index in [1.165, 1.54) is 0 Å². The van der Waals surface area contributed by atoms with E-state index in [1.807, 2.05) is 0 Å². The van der Waals surface area contributed by atoms with Gasteiger partial charge in [0.2, 0.25) is 11.5 Å². The molecule has 0 amide bonds. The Morgan fingerprint density at radius 2 is 1.26 bits per heavy atom. The molecule has 7 heteroatoms. The first kappa shape index (κ1) is 11.1. The van der Waals surface area contributed by atoms with Crippen LogP contribution in [0.2, 0.25) is 0 Å². The van der Waals surface area contributed by atoms with Crippen LogP contribution >= 0.6 is 0 Å². The molecule has 0 radical (unpaired) electrons. The molecule has 2 aromatic carbocycles. The summed E-state index contributed by atoms with van der Waals surface area (Å²) in [6.45, 7) is 0. The predicted octanol–water partition coefficient (Wildman–Crippen LogP) is 1.55. The third-order valence-corrected chi connectivity index (χ3v) is 3.04. The molecule has 19 heavy (non-hydrogen) atoms. The lowest BCUT2D eigenvalue weighted by molar-refractivity contribution is 0.371. The minimum absolute atomic E-state index is 0.0607. The topological polar surface area (TPSA) is 137 Å². The van der Waals surface area contributed by atoms with Crippen LogP contribution < -0.4 is 0 Å².